The molecule has 0 aromatic heterocycles. The van der Waals surface area contributed by atoms with Crippen molar-refractivity contribution in [3.05, 3.63) is 54.1 Å². The van der Waals surface area contributed by atoms with Gasteiger partial charge in [-0.3, -0.25) is 4.79 Å². The second-order valence-corrected chi connectivity index (χ2v) is 5.95. The largest absolute Gasteiger partial charge is 0.323 e. The first-order chi connectivity index (χ1) is 11.6. The molecule has 1 heterocycles. The van der Waals surface area contributed by atoms with E-state index in [1.54, 1.807) is 0 Å². The number of nitrogens with one attached hydrogen (secondary N) is 2. The van der Waals surface area contributed by atoms with Gasteiger partial charge >= 0.3 is 6.03 Å². The van der Waals surface area contributed by atoms with E-state index in [0.717, 1.165) is 36.3 Å². The Morgan fingerprint density at radius 2 is 1.75 bits per heavy atom. The lowest BCUT2D eigenvalue weighted by atomic mass is 10.1. The molecule has 3 rings (SSSR count). The summed E-state index contributed by atoms with van der Waals surface area (Å²) < 4.78 is 0. The first-order valence-corrected chi connectivity index (χ1v) is 8.17. The Hall–Kier alpha value is -2.82. The quantitative estimate of drug-likeness (QED) is 0.891. The van der Waals surface area contributed by atoms with Gasteiger partial charge in [-0.05, 0) is 49.6 Å². The maximum atomic E-state index is 12.1. The number of anilines is 3. The zero-order valence-electron chi connectivity index (χ0n) is 13.7. The van der Waals surface area contributed by atoms with Gasteiger partial charge in [-0.15, -0.1) is 0 Å². The minimum atomic E-state index is -0.305. The van der Waals surface area contributed by atoms with E-state index in [-0.39, 0.29) is 11.9 Å². The van der Waals surface area contributed by atoms with Crippen molar-refractivity contribution in [3.8, 4) is 0 Å². The van der Waals surface area contributed by atoms with Crippen molar-refractivity contribution < 1.29 is 9.59 Å². The van der Waals surface area contributed by atoms with Gasteiger partial charge in [-0.1, -0.05) is 24.3 Å². The van der Waals surface area contributed by atoms with Crippen LogP contribution in [0.25, 0.3) is 0 Å². The minimum absolute atomic E-state index is 0.148. The van der Waals surface area contributed by atoms with E-state index in [1.165, 1.54) is 0 Å². The number of hydrogen-bond donors (Lipinski definition) is 2. The van der Waals surface area contributed by atoms with Crippen LogP contribution >= 0.6 is 0 Å². The zero-order chi connectivity index (χ0) is 16.9. The predicted octanol–water partition coefficient (Wildman–Crippen LogP) is 4.16. The van der Waals surface area contributed by atoms with Crippen LogP contribution in [0.3, 0.4) is 0 Å². The molecule has 1 fully saturated rings. The molecule has 24 heavy (non-hydrogen) atoms. The van der Waals surface area contributed by atoms with Crippen molar-refractivity contribution >= 4 is 29.0 Å². The van der Waals surface area contributed by atoms with Crippen LogP contribution in [-0.4, -0.2) is 18.5 Å². The van der Waals surface area contributed by atoms with Crippen LogP contribution in [-0.2, 0) is 4.79 Å². The molecule has 1 saturated heterocycles. The predicted molar refractivity (Wildman–Crippen MR) is 96.5 cm³/mol. The van der Waals surface area contributed by atoms with Gasteiger partial charge in [0.25, 0.3) is 0 Å². The summed E-state index contributed by atoms with van der Waals surface area (Å²) in [6, 6.07) is 14.6. The first kappa shape index (κ1) is 16.1. The monoisotopic (exact) mass is 323 g/mol. The van der Waals surface area contributed by atoms with E-state index in [0.29, 0.717) is 12.1 Å². The van der Waals surface area contributed by atoms with Crippen LogP contribution in [0, 0.1) is 6.92 Å². The van der Waals surface area contributed by atoms with Gasteiger partial charge in [0.1, 0.15) is 0 Å². The molecule has 0 atom stereocenters. The Labute approximate surface area is 141 Å². The molecule has 2 aromatic rings. The Kier molecular flexibility index (Phi) is 4.79. The van der Waals surface area contributed by atoms with E-state index in [2.05, 4.69) is 10.6 Å². The molecule has 1 aliphatic rings. The molecular formula is C19H21N3O2. The van der Waals surface area contributed by atoms with Gasteiger partial charge in [0, 0.05) is 30.0 Å². The molecule has 2 aromatic carbocycles. The van der Waals surface area contributed by atoms with Crippen molar-refractivity contribution in [1.29, 1.82) is 0 Å². The van der Waals surface area contributed by atoms with Crippen molar-refractivity contribution in [3.63, 3.8) is 0 Å². The number of urea groups is 1. The van der Waals surface area contributed by atoms with Crippen LogP contribution in [0.1, 0.15) is 24.8 Å². The van der Waals surface area contributed by atoms with Gasteiger partial charge < -0.3 is 15.5 Å². The van der Waals surface area contributed by atoms with E-state index >= 15 is 0 Å². The molecule has 0 aliphatic carbocycles. The number of rotatable bonds is 3. The van der Waals surface area contributed by atoms with E-state index in [9.17, 15) is 9.59 Å². The zero-order valence-corrected chi connectivity index (χ0v) is 13.7. The fraction of sp³-hybridized carbons (Fsp3) is 0.263. The third-order valence-electron chi connectivity index (χ3n) is 4.11. The van der Waals surface area contributed by atoms with Crippen molar-refractivity contribution in [1.82, 2.24) is 0 Å². The fourth-order valence-electron chi connectivity index (χ4n) is 2.85. The number of carbonyl (C=O) groups excluding carboxylic acids is 2. The smallest absolute Gasteiger partial charge is 0.312 e. The lowest BCUT2D eigenvalue weighted by Crippen LogP contribution is -2.35. The van der Waals surface area contributed by atoms with E-state index in [4.69, 9.17) is 0 Å². The number of hydrogen-bond acceptors (Lipinski definition) is 2. The van der Waals surface area contributed by atoms with E-state index < -0.39 is 0 Å². The lowest BCUT2D eigenvalue weighted by molar-refractivity contribution is -0.119. The third-order valence-corrected chi connectivity index (χ3v) is 4.11. The number of amides is 3. The molecular weight excluding hydrogens is 302 g/mol. The van der Waals surface area contributed by atoms with Crippen molar-refractivity contribution in [2.75, 3.05) is 22.1 Å². The minimum Gasteiger partial charge on any atom is -0.312 e. The highest BCUT2D eigenvalue weighted by Crippen LogP contribution is 2.27. The topological polar surface area (TPSA) is 61.4 Å². The SMILES string of the molecule is Cc1ccc(NC(=O)Nc2ccccc2)cc1N1CCCCC1=O. The highest BCUT2D eigenvalue weighted by atomic mass is 16.2. The molecule has 1 aliphatic heterocycles. The maximum Gasteiger partial charge on any atom is 0.323 e. The number of piperidine rings is 1. The maximum absolute atomic E-state index is 12.1. The van der Waals surface area contributed by atoms with Crippen LogP contribution in [0.5, 0.6) is 0 Å². The summed E-state index contributed by atoms with van der Waals surface area (Å²) >= 11 is 0. The third kappa shape index (κ3) is 3.74. The summed E-state index contributed by atoms with van der Waals surface area (Å²) in [5.74, 6) is 0.148. The highest BCUT2D eigenvalue weighted by Gasteiger charge is 2.21. The van der Waals surface area contributed by atoms with Gasteiger partial charge in [0.15, 0.2) is 0 Å². The summed E-state index contributed by atoms with van der Waals surface area (Å²) in [7, 11) is 0. The van der Waals surface area contributed by atoms with Crippen LogP contribution in [0.4, 0.5) is 21.9 Å². The fourth-order valence-corrected chi connectivity index (χ4v) is 2.85. The Morgan fingerprint density at radius 3 is 2.50 bits per heavy atom. The molecule has 3 amide bonds. The van der Waals surface area contributed by atoms with Crippen molar-refractivity contribution in [2.24, 2.45) is 0 Å². The Bertz CT molecular complexity index is 744. The molecule has 5 nitrogen and oxygen atoms in total. The second kappa shape index (κ2) is 7.17. The average molecular weight is 323 g/mol. The number of carbonyl (C=O) groups is 2. The van der Waals surface area contributed by atoms with Crippen LogP contribution in [0.2, 0.25) is 0 Å². The van der Waals surface area contributed by atoms with Crippen LogP contribution in [0.15, 0.2) is 48.5 Å². The van der Waals surface area contributed by atoms with Gasteiger partial charge in [0.05, 0.1) is 0 Å². The molecule has 0 radical (unpaired) electrons. The van der Waals surface area contributed by atoms with Gasteiger partial charge in [0.2, 0.25) is 5.91 Å². The summed E-state index contributed by atoms with van der Waals surface area (Å²) in [5.41, 5.74) is 3.30. The highest BCUT2D eigenvalue weighted by molar-refractivity contribution is 6.01. The van der Waals surface area contributed by atoms with Crippen molar-refractivity contribution in [2.45, 2.75) is 26.2 Å². The van der Waals surface area contributed by atoms with Gasteiger partial charge in [-0.2, -0.15) is 0 Å². The molecule has 0 spiro atoms. The number of para-hydroxylation sites is 1. The molecule has 2 N–H and O–H groups in total. The van der Waals surface area contributed by atoms with Crippen LogP contribution < -0.4 is 15.5 Å². The molecule has 0 saturated carbocycles. The Morgan fingerprint density at radius 1 is 1.00 bits per heavy atom. The molecule has 5 heteroatoms. The normalized spacial score (nSPS) is 14.4. The number of aryl methyl sites for hydroxylation is 1. The summed E-state index contributed by atoms with van der Waals surface area (Å²) in [6.45, 7) is 2.71. The first-order valence-electron chi connectivity index (χ1n) is 8.17. The van der Waals surface area contributed by atoms with Gasteiger partial charge in [-0.25, -0.2) is 4.79 Å². The molecule has 0 bridgehead atoms. The average Bonchev–Trinajstić information content (AvgIpc) is 2.58. The summed E-state index contributed by atoms with van der Waals surface area (Å²) in [4.78, 5) is 26.1. The summed E-state index contributed by atoms with van der Waals surface area (Å²) in [5, 5.41) is 5.61. The molecule has 0 unspecified atom stereocenters. The standard InChI is InChI=1S/C19H21N3O2/c1-14-10-11-16(13-17(14)22-12-6-5-9-18(22)23)21-19(24)20-15-7-3-2-4-8-15/h2-4,7-8,10-11,13H,5-6,9,12H2,1H3,(H2,20,21,24). The number of nitrogens with zero attached hydrogens (tertiary/aromatic N) is 1. The Balaban J connectivity index is 1.73. The lowest BCUT2D eigenvalue weighted by Gasteiger charge is -2.28. The van der Waals surface area contributed by atoms with E-state index in [1.807, 2.05) is 60.4 Å². The number of benzene rings is 2. The second-order valence-electron chi connectivity index (χ2n) is 5.95. The summed E-state index contributed by atoms with van der Waals surface area (Å²) in [6.07, 6.45) is 2.55. The molecule has 124 valence electrons.